The fraction of sp³-hybridized carbons (Fsp3) is 0.647. The minimum atomic E-state index is 0.113. The molecular formula is C17H28N2O2. The number of hydrogen-bond donors (Lipinski definition) is 3. The van der Waals surface area contributed by atoms with E-state index in [1.807, 2.05) is 19.1 Å². The van der Waals surface area contributed by atoms with E-state index in [4.69, 9.17) is 10.5 Å². The lowest BCUT2D eigenvalue weighted by Gasteiger charge is -2.34. The van der Waals surface area contributed by atoms with Crippen molar-refractivity contribution in [3.63, 3.8) is 0 Å². The van der Waals surface area contributed by atoms with E-state index in [9.17, 15) is 5.11 Å². The highest BCUT2D eigenvalue weighted by atomic mass is 16.5. The topological polar surface area (TPSA) is 67.5 Å². The average molecular weight is 292 g/mol. The first kappa shape index (κ1) is 16.3. The summed E-state index contributed by atoms with van der Waals surface area (Å²) < 4.78 is 5.56. The second kappa shape index (κ2) is 8.37. The Morgan fingerprint density at radius 3 is 2.90 bits per heavy atom. The highest BCUT2D eigenvalue weighted by Gasteiger charge is 2.26. The van der Waals surface area contributed by atoms with Gasteiger partial charge in [0.25, 0.3) is 0 Å². The number of nitrogens with two attached hydrogens (primary N) is 1. The van der Waals surface area contributed by atoms with E-state index in [0.29, 0.717) is 25.1 Å². The van der Waals surface area contributed by atoms with Crippen molar-refractivity contribution in [2.45, 2.75) is 44.7 Å². The van der Waals surface area contributed by atoms with Gasteiger partial charge in [0.1, 0.15) is 5.75 Å². The van der Waals surface area contributed by atoms with E-state index in [0.717, 1.165) is 24.2 Å². The largest absolute Gasteiger partial charge is 0.494 e. The van der Waals surface area contributed by atoms with Gasteiger partial charge >= 0.3 is 0 Å². The minimum absolute atomic E-state index is 0.113. The first-order valence-corrected chi connectivity index (χ1v) is 8.08. The molecule has 1 aromatic carbocycles. The van der Waals surface area contributed by atoms with Crippen LogP contribution in [0.2, 0.25) is 0 Å². The maximum Gasteiger partial charge on any atom is 0.119 e. The van der Waals surface area contributed by atoms with Crippen molar-refractivity contribution >= 4 is 0 Å². The van der Waals surface area contributed by atoms with E-state index in [2.05, 4.69) is 17.4 Å². The van der Waals surface area contributed by atoms with Crippen LogP contribution in [0, 0.1) is 5.92 Å². The van der Waals surface area contributed by atoms with Crippen molar-refractivity contribution in [3.05, 3.63) is 29.8 Å². The Morgan fingerprint density at radius 2 is 2.19 bits per heavy atom. The van der Waals surface area contributed by atoms with Crippen LogP contribution in [0.25, 0.3) is 0 Å². The molecule has 0 heterocycles. The van der Waals surface area contributed by atoms with Crippen molar-refractivity contribution in [2.75, 3.05) is 19.8 Å². The zero-order chi connectivity index (χ0) is 15.1. The van der Waals surface area contributed by atoms with Crippen molar-refractivity contribution < 1.29 is 9.84 Å². The average Bonchev–Trinajstić information content (AvgIpc) is 2.53. The number of hydrogen-bond acceptors (Lipinski definition) is 4. The summed E-state index contributed by atoms with van der Waals surface area (Å²) in [6.07, 6.45) is 4.66. The van der Waals surface area contributed by atoms with Crippen LogP contribution in [0.1, 0.15) is 44.2 Å². The van der Waals surface area contributed by atoms with E-state index < -0.39 is 0 Å². The first-order chi connectivity index (χ1) is 10.3. The number of aliphatic hydroxyl groups is 1. The third-order valence-electron chi connectivity index (χ3n) is 4.37. The molecule has 4 nitrogen and oxygen atoms in total. The van der Waals surface area contributed by atoms with E-state index >= 15 is 0 Å². The zero-order valence-electron chi connectivity index (χ0n) is 12.9. The normalized spacial score (nSPS) is 23.8. The van der Waals surface area contributed by atoms with E-state index in [1.54, 1.807) is 0 Å². The predicted molar refractivity (Wildman–Crippen MR) is 85.4 cm³/mol. The van der Waals surface area contributed by atoms with Gasteiger partial charge in [-0.15, -0.1) is 0 Å². The monoisotopic (exact) mass is 292 g/mol. The molecule has 0 radical (unpaired) electrons. The Kier molecular flexibility index (Phi) is 6.49. The Bertz CT molecular complexity index is 425. The van der Waals surface area contributed by atoms with Crippen LogP contribution < -0.4 is 15.8 Å². The van der Waals surface area contributed by atoms with Crippen LogP contribution in [-0.2, 0) is 0 Å². The van der Waals surface area contributed by atoms with Crippen molar-refractivity contribution in [2.24, 2.45) is 11.7 Å². The molecule has 3 atom stereocenters. The Labute approximate surface area is 127 Å². The summed E-state index contributed by atoms with van der Waals surface area (Å²) in [5.41, 5.74) is 7.13. The fourth-order valence-corrected chi connectivity index (χ4v) is 3.19. The van der Waals surface area contributed by atoms with Gasteiger partial charge in [-0.05, 0) is 43.4 Å². The number of ether oxygens (including phenoxy) is 1. The molecule has 1 aliphatic carbocycles. The molecule has 2 rings (SSSR count). The van der Waals surface area contributed by atoms with Crippen LogP contribution >= 0.6 is 0 Å². The van der Waals surface area contributed by atoms with Gasteiger partial charge < -0.3 is 20.9 Å². The van der Waals surface area contributed by atoms with Crippen molar-refractivity contribution in [1.82, 2.24) is 5.32 Å². The fourth-order valence-electron chi connectivity index (χ4n) is 3.19. The van der Waals surface area contributed by atoms with Crippen LogP contribution in [-0.4, -0.2) is 30.9 Å². The lowest BCUT2D eigenvalue weighted by Crippen LogP contribution is -2.44. The van der Waals surface area contributed by atoms with Gasteiger partial charge in [-0.2, -0.15) is 0 Å². The van der Waals surface area contributed by atoms with Gasteiger partial charge in [0.15, 0.2) is 0 Å². The van der Waals surface area contributed by atoms with Crippen LogP contribution in [0.3, 0.4) is 0 Å². The minimum Gasteiger partial charge on any atom is -0.494 e. The summed E-state index contributed by atoms with van der Waals surface area (Å²) >= 11 is 0. The summed E-state index contributed by atoms with van der Waals surface area (Å²) in [7, 11) is 0. The summed E-state index contributed by atoms with van der Waals surface area (Å²) in [6, 6.07) is 8.59. The molecule has 0 amide bonds. The Balaban J connectivity index is 2.06. The molecule has 1 saturated carbocycles. The quantitative estimate of drug-likeness (QED) is 0.721. The SMILES string of the molecule is CCOc1cccc(C(CN)NC2CCCCC2CO)c1. The highest BCUT2D eigenvalue weighted by Crippen LogP contribution is 2.27. The molecule has 21 heavy (non-hydrogen) atoms. The van der Waals surface area contributed by atoms with E-state index in [-0.39, 0.29) is 12.6 Å². The summed E-state index contributed by atoms with van der Waals surface area (Å²) in [4.78, 5) is 0. The molecule has 0 saturated heterocycles. The number of rotatable bonds is 7. The third-order valence-corrected chi connectivity index (χ3v) is 4.37. The third kappa shape index (κ3) is 4.43. The maximum absolute atomic E-state index is 9.54. The standard InChI is InChI=1S/C17H28N2O2/c1-2-21-15-8-5-7-13(10-15)17(11-18)19-16-9-4-3-6-14(16)12-20/h5,7-8,10,14,16-17,19-20H,2-4,6,9,11-12,18H2,1H3. The summed E-state index contributed by atoms with van der Waals surface area (Å²) in [5, 5.41) is 13.2. The molecule has 0 spiro atoms. The number of nitrogens with one attached hydrogen (secondary N) is 1. The number of aliphatic hydroxyl groups excluding tert-OH is 1. The lowest BCUT2D eigenvalue weighted by molar-refractivity contribution is 0.146. The van der Waals surface area contributed by atoms with Gasteiger partial charge in [0, 0.05) is 25.2 Å². The Hall–Kier alpha value is -1.10. The van der Waals surface area contributed by atoms with Gasteiger partial charge in [0.2, 0.25) is 0 Å². The second-order valence-corrected chi connectivity index (χ2v) is 5.79. The molecular weight excluding hydrogens is 264 g/mol. The van der Waals surface area contributed by atoms with Crippen molar-refractivity contribution in [3.8, 4) is 5.75 Å². The molecule has 4 N–H and O–H groups in total. The second-order valence-electron chi connectivity index (χ2n) is 5.79. The molecule has 1 aromatic rings. The van der Waals surface area contributed by atoms with Gasteiger partial charge in [-0.3, -0.25) is 0 Å². The summed E-state index contributed by atoms with van der Waals surface area (Å²) in [6.45, 7) is 3.46. The molecule has 1 fully saturated rings. The van der Waals surface area contributed by atoms with Gasteiger partial charge in [-0.1, -0.05) is 25.0 Å². The van der Waals surface area contributed by atoms with Crippen LogP contribution in [0.4, 0.5) is 0 Å². The molecule has 4 heteroatoms. The molecule has 1 aliphatic rings. The predicted octanol–water partition coefficient (Wildman–Crippen LogP) is 2.23. The molecule has 118 valence electrons. The number of benzene rings is 1. The first-order valence-electron chi connectivity index (χ1n) is 8.08. The van der Waals surface area contributed by atoms with Crippen LogP contribution in [0.15, 0.2) is 24.3 Å². The molecule has 3 unspecified atom stereocenters. The molecule has 0 aliphatic heterocycles. The van der Waals surface area contributed by atoms with Crippen LogP contribution in [0.5, 0.6) is 5.75 Å². The highest BCUT2D eigenvalue weighted by molar-refractivity contribution is 5.31. The molecule has 0 aromatic heterocycles. The Morgan fingerprint density at radius 1 is 1.38 bits per heavy atom. The van der Waals surface area contributed by atoms with E-state index in [1.165, 1.54) is 12.8 Å². The van der Waals surface area contributed by atoms with Gasteiger partial charge in [0.05, 0.1) is 6.61 Å². The molecule has 0 bridgehead atoms. The smallest absolute Gasteiger partial charge is 0.119 e. The zero-order valence-corrected chi connectivity index (χ0v) is 12.9. The van der Waals surface area contributed by atoms with Gasteiger partial charge in [-0.25, -0.2) is 0 Å². The van der Waals surface area contributed by atoms with Crippen molar-refractivity contribution in [1.29, 1.82) is 0 Å². The summed E-state index contributed by atoms with van der Waals surface area (Å²) in [5.74, 6) is 1.24. The maximum atomic E-state index is 9.54. The lowest BCUT2D eigenvalue weighted by atomic mass is 9.84.